The van der Waals surface area contributed by atoms with E-state index < -0.39 is 21.1 Å². The van der Waals surface area contributed by atoms with Crippen LogP contribution in [0.1, 0.15) is 19.3 Å². The largest absolute Gasteiger partial charge is 0.315 e. The molecular weight excluding hydrogens is 306 g/mol. The van der Waals surface area contributed by atoms with Gasteiger partial charge >= 0.3 is 0 Å². The highest BCUT2D eigenvalue weighted by Crippen LogP contribution is 2.30. The molecule has 1 aliphatic heterocycles. The van der Waals surface area contributed by atoms with Crippen molar-refractivity contribution >= 4 is 27.3 Å². The first kappa shape index (κ1) is 15.2. The average Bonchev–Trinajstić information content (AvgIpc) is 2.39. The summed E-state index contributed by atoms with van der Waals surface area (Å²) in [5.41, 5.74) is 5.50. The molecular formula is C11H14ClN3O4S. The minimum Gasteiger partial charge on any atom is -0.315 e. The Hall–Kier alpha value is -1.22. The van der Waals surface area contributed by atoms with Gasteiger partial charge in [-0.25, -0.2) is 8.42 Å². The molecule has 1 aliphatic rings. The summed E-state index contributed by atoms with van der Waals surface area (Å²) in [6, 6.07) is 3.35. The fourth-order valence-corrected chi connectivity index (χ4v) is 4.24. The topological polar surface area (TPSA) is 107 Å². The van der Waals surface area contributed by atoms with Gasteiger partial charge in [0.1, 0.15) is 4.90 Å². The number of nitrogens with zero attached hydrogens (tertiary/aromatic N) is 2. The van der Waals surface area contributed by atoms with Crippen molar-refractivity contribution in [1.29, 1.82) is 0 Å². The predicted molar refractivity (Wildman–Crippen MR) is 73.8 cm³/mol. The van der Waals surface area contributed by atoms with Crippen LogP contribution < -0.4 is 5.73 Å². The number of halogens is 1. The molecule has 1 fully saturated rings. The number of rotatable bonds is 3. The van der Waals surface area contributed by atoms with Gasteiger partial charge < -0.3 is 5.73 Å². The van der Waals surface area contributed by atoms with Crippen molar-refractivity contribution < 1.29 is 13.3 Å². The van der Waals surface area contributed by atoms with E-state index in [4.69, 9.17) is 17.3 Å². The minimum absolute atomic E-state index is 0.0478. The Bertz CT molecular complexity index is 635. The fourth-order valence-electron chi connectivity index (χ4n) is 2.16. The standard InChI is InChI=1S/C11H14ClN3O4S/c12-9-5-4-8(15(16)17)7-10(9)20(18,19)14-6-2-1-3-11(14)13/h4-5,7,11H,1-3,6,13H2. The maximum atomic E-state index is 12.5. The molecule has 1 aromatic rings. The van der Waals surface area contributed by atoms with Crippen molar-refractivity contribution in [2.75, 3.05) is 6.54 Å². The Morgan fingerprint density at radius 3 is 2.70 bits per heavy atom. The number of benzene rings is 1. The zero-order chi connectivity index (χ0) is 14.9. The summed E-state index contributed by atoms with van der Waals surface area (Å²) in [6.45, 7) is 0.294. The Labute approximate surface area is 121 Å². The van der Waals surface area contributed by atoms with Gasteiger partial charge in [-0.05, 0) is 25.3 Å². The molecule has 7 nitrogen and oxygen atoms in total. The van der Waals surface area contributed by atoms with Gasteiger partial charge in [-0.2, -0.15) is 4.31 Å². The van der Waals surface area contributed by atoms with Gasteiger partial charge in [0.05, 0.1) is 16.1 Å². The maximum absolute atomic E-state index is 12.5. The Morgan fingerprint density at radius 1 is 1.40 bits per heavy atom. The van der Waals surface area contributed by atoms with Crippen molar-refractivity contribution in [2.45, 2.75) is 30.3 Å². The lowest BCUT2D eigenvalue weighted by Crippen LogP contribution is -2.48. The number of piperidine rings is 1. The first-order valence-electron chi connectivity index (χ1n) is 6.05. The van der Waals surface area contributed by atoms with Crippen LogP contribution in [0.2, 0.25) is 5.02 Å². The van der Waals surface area contributed by atoms with Crippen LogP contribution in [-0.2, 0) is 10.0 Å². The van der Waals surface area contributed by atoms with Gasteiger partial charge in [0.2, 0.25) is 10.0 Å². The molecule has 1 atom stereocenters. The van der Waals surface area contributed by atoms with Crippen LogP contribution in [-0.4, -0.2) is 30.4 Å². The van der Waals surface area contributed by atoms with Crippen LogP contribution in [0.15, 0.2) is 23.1 Å². The molecule has 0 radical (unpaired) electrons. The first-order chi connectivity index (χ1) is 9.34. The number of nitrogens with two attached hydrogens (primary N) is 1. The van der Waals surface area contributed by atoms with Crippen LogP contribution in [0.25, 0.3) is 0 Å². The predicted octanol–water partition coefficient (Wildman–Crippen LogP) is 1.71. The Morgan fingerprint density at radius 2 is 2.10 bits per heavy atom. The third-order valence-corrected chi connectivity index (χ3v) is 5.62. The lowest BCUT2D eigenvalue weighted by atomic mass is 10.1. The lowest BCUT2D eigenvalue weighted by Gasteiger charge is -2.32. The maximum Gasteiger partial charge on any atom is 0.270 e. The molecule has 0 aromatic heterocycles. The number of hydrogen-bond acceptors (Lipinski definition) is 5. The highest BCUT2D eigenvalue weighted by atomic mass is 35.5. The van der Waals surface area contributed by atoms with E-state index in [0.717, 1.165) is 22.9 Å². The molecule has 1 aromatic carbocycles. The summed E-state index contributed by atoms with van der Waals surface area (Å²) < 4.78 is 26.2. The molecule has 0 spiro atoms. The smallest absolute Gasteiger partial charge is 0.270 e. The number of sulfonamides is 1. The van der Waals surface area contributed by atoms with Crippen molar-refractivity contribution in [3.8, 4) is 0 Å². The third-order valence-electron chi connectivity index (χ3n) is 3.21. The Kier molecular flexibility index (Phi) is 4.28. The van der Waals surface area contributed by atoms with E-state index in [9.17, 15) is 18.5 Å². The lowest BCUT2D eigenvalue weighted by molar-refractivity contribution is -0.385. The number of hydrogen-bond donors (Lipinski definition) is 1. The molecule has 0 amide bonds. The molecule has 2 rings (SSSR count). The molecule has 1 heterocycles. The summed E-state index contributed by atoms with van der Waals surface area (Å²) >= 11 is 5.88. The van der Waals surface area contributed by atoms with Gasteiger partial charge in [-0.1, -0.05) is 11.6 Å². The third kappa shape index (κ3) is 2.78. The second-order valence-corrected chi connectivity index (χ2v) is 6.82. The molecule has 9 heteroatoms. The molecule has 1 unspecified atom stereocenters. The van der Waals surface area contributed by atoms with E-state index in [1.54, 1.807) is 0 Å². The SMILES string of the molecule is NC1CCCCN1S(=O)(=O)c1cc([N+](=O)[O-])ccc1Cl. The monoisotopic (exact) mass is 319 g/mol. The summed E-state index contributed by atoms with van der Waals surface area (Å²) in [6.07, 6.45) is 1.50. The van der Waals surface area contributed by atoms with E-state index in [1.807, 2.05) is 0 Å². The second-order valence-electron chi connectivity index (χ2n) is 4.55. The molecule has 0 aliphatic carbocycles. The van der Waals surface area contributed by atoms with Gasteiger partial charge in [-0.3, -0.25) is 10.1 Å². The zero-order valence-corrected chi connectivity index (χ0v) is 12.1. The molecule has 20 heavy (non-hydrogen) atoms. The second kappa shape index (κ2) is 5.65. The van der Waals surface area contributed by atoms with E-state index in [1.165, 1.54) is 6.07 Å². The zero-order valence-electron chi connectivity index (χ0n) is 10.5. The van der Waals surface area contributed by atoms with Crippen molar-refractivity contribution in [1.82, 2.24) is 4.31 Å². The molecule has 0 saturated carbocycles. The number of nitro groups is 1. The van der Waals surface area contributed by atoms with Gasteiger partial charge in [0.25, 0.3) is 5.69 Å². The number of nitro benzene ring substituents is 1. The van der Waals surface area contributed by atoms with E-state index >= 15 is 0 Å². The van der Waals surface area contributed by atoms with Crippen LogP contribution in [0.3, 0.4) is 0 Å². The molecule has 0 bridgehead atoms. The average molecular weight is 320 g/mol. The van der Waals surface area contributed by atoms with Crippen molar-refractivity contribution in [3.63, 3.8) is 0 Å². The van der Waals surface area contributed by atoms with Crippen LogP contribution >= 0.6 is 11.6 Å². The fraction of sp³-hybridized carbons (Fsp3) is 0.455. The van der Waals surface area contributed by atoms with Crippen LogP contribution in [0.5, 0.6) is 0 Å². The van der Waals surface area contributed by atoms with Crippen molar-refractivity contribution in [2.24, 2.45) is 5.73 Å². The summed E-state index contributed by atoms with van der Waals surface area (Å²) in [5, 5.41) is 10.7. The minimum atomic E-state index is -3.93. The Balaban J connectivity index is 2.48. The summed E-state index contributed by atoms with van der Waals surface area (Å²) in [7, 11) is -3.93. The number of non-ortho nitro benzene ring substituents is 1. The first-order valence-corrected chi connectivity index (χ1v) is 7.87. The van der Waals surface area contributed by atoms with Gasteiger partial charge in [-0.15, -0.1) is 0 Å². The van der Waals surface area contributed by atoms with Gasteiger partial charge in [0, 0.05) is 18.7 Å². The molecule has 1 saturated heterocycles. The quantitative estimate of drug-likeness (QED) is 0.674. The molecule has 110 valence electrons. The normalized spacial score (nSPS) is 20.8. The van der Waals surface area contributed by atoms with E-state index in [-0.39, 0.29) is 15.6 Å². The van der Waals surface area contributed by atoms with Gasteiger partial charge in [0.15, 0.2) is 0 Å². The molecule has 2 N–H and O–H groups in total. The highest BCUT2D eigenvalue weighted by molar-refractivity contribution is 7.89. The van der Waals surface area contributed by atoms with Crippen LogP contribution in [0.4, 0.5) is 5.69 Å². The van der Waals surface area contributed by atoms with E-state index in [2.05, 4.69) is 0 Å². The van der Waals surface area contributed by atoms with Crippen LogP contribution in [0, 0.1) is 10.1 Å². The van der Waals surface area contributed by atoms with E-state index in [0.29, 0.717) is 19.4 Å². The summed E-state index contributed by atoms with van der Waals surface area (Å²) in [4.78, 5) is 9.83. The summed E-state index contributed by atoms with van der Waals surface area (Å²) in [5.74, 6) is 0. The van der Waals surface area contributed by atoms with Crippen molar-refractivity contribution in [3.05, 3.63) is 33.3 Å². The highest BCUT2D eigenvalue weighted by Gasteiger charge is 2.33.